The fraction of sp³-hybridized carbons (Fsp3) is 0.316. The van der Waals surface area contributed by atoms with Gasteiger partial charge in [0.05, 0.1) is 0 Å². The van der Waals surface area contributed by atoms with Crippen LogP contribution >= 0.6 is 0 Å². The van der Waals surface area contributed by atoms with Gasteiger partial charge in [0.15, 0.2) is 0 Å². The molecule has 0 atom stereocenters. The molecule has 3 aromatic rings. The Morgan fingerprint density at radius 2 is 2.11 bits per heavy atom. The largest absolute Gasteiger partial charge is 0.357 e. The molecule has 4 rings (SSSR count). The van der Waals surface area contributed by atoms with Gasteiger partial charge in [-0.15, -0.1) is 0 Å². The van der Waals surface area contributed by atoms with Gasteiger partial charge in [-0.05, 0) is 19.1 Å². The minimum atomic E-state index is -0.135. The number of nitrogens with one attached hydrogen (secondary N) is 1. The summed E-state index contributed by atoms with van der Waals surface area (Å²) < 4.78 is 5.07. The lowest BCUT2D eigenvalue weighted by Gasteiger charge is -2.21. The first-order valence-corrected chi connectivity index (χ1v) is 9.11. The second-order valence-corrected chi connectivity index (χ2v) is 6.53. The summed E-state index contributed by atoms with van der Waals surface area (Å²) in [5, 5.41) is 7.05. The Kier molecular flexibility index (Phi) is 4.64. The minimum absolute atomic E-state index is 0.135. The van der Waals surface area contributed by atoms with Gasteiger partial charge in [-0.2, -0.15) is 9.97 Å². The van der Waals surface area contributed by atoms with E-state index in [9.17, 15) is 4.79 Å². The van der Waals surface area contributed by atoms with Crippen LogP contribution in [0.15, 0.2) is 35.0 Å². The Morgan fingerprint density at radius 1 is 1.25 bits per heavy atom. The highest BCUT2D eigenvalue weighted by atomic mass is 16.5. The number of rotatable bonds is 4. The molecular formula is C19H21N7O2. The van der Waals surface area contributed by atoms with Gasteiger partial charge in [-0.3, -0.25) is 4.79 Å². The van der Waals surface area contributed by atoms with Crippen molar-refractivity contribution in [3.63, 3.8) is 0 Å². The lowest BCUT2D eigenvalue weighted by molar-refractivity contribution is 0.0989. The minimum Gasteiger partial charge on any atom is -0.357 e. The molecule has 144 valence electrons. The molecule has 1 aromatic carbocycles. The second-order valence-electron chi connectivity index (χ2n) is 6.53. The maximum Gasteiger partial charge on any atom is 0.263 e. The molecule has 0 fully saturated rings. The van der Waals surface area contributed by atoms with Crippen molar-refractivity contribution < 1.29 is 9.32 Å². The van der Waals surface area contributed by atoms with Crippen LogP contribution in [-0.4, -0.2) is 52.7 Å². The molecule has 0 aliphatic carbocycles. The topological polar surface area (TPSA) is 100 Å². The summed E-state index contributed by atoms with van der Waals surface area (Å²) in [5.41, 5.74) is 2.03. The van der Waals surface area contributed by atoms with Gasteiger partial charge in [-0.1, -0.05) is 17.3 Å². The van der Waals surface area contributed by atoms with Crippen molar-refractivity contribution in [3.8, 4) is 11.4 Å². The number of benzene rings is 1. The molecule has 1 aliphatic rings. The van der Waals surface area contributed by atoms with Crippen LogP contribution in [0.4, 0.5) is 17.5 Å². The molecule has 0 saturated heterocycles. The van der Waals surface area contributed by atoms with E-state index < -0.39 is 0 Å². The lowest BCUT2D eigenvalue weighted by Crippen LogP contribution is -2.33. The first-order chi connectivity index (χ1) is 13.6. The fourth-order valence-electron chi connectivity index (χ4n) is 3.14. The highest BCUT2D eigenvalue weighted by Crippen LogP contribution is 2.28. The quantitative estimate of drug-likeness (QED) is 0.737. The van der Waals surface area contributed by atoms with Gasteiger partial charge < -0.3 is 19.6 Å². The molecule has 0 spiro atoms. The van der Waals surface area contributed by atoms with Gasteiger partial charge >= 0.3 is 0 Å². The lowest BCUT2D eigenvalue weighted by atomic mass is 10.1. The van der Waals surface area contributed by atoms with Crippen molar-refractivity contribution in [2.45, 2.75) is 13.8 Å². The van der Waals surface area contributed by atoms with E-state index in [2.05, 4.69) is 25.4 Å². The van der Waals surface area contributed by atoms with Crippen LogP contribution in [0.1, 0.15) is 23.2 Å². The number of carbonyl (C=O) groups excluding carboxylic acids is 1. The van der Waals surface area contributed by atoms with Crippen molar-refractivity contribution in [3.05, 3.63) is 41.9 Å². The third-order valence-corrected chi connectivity index (χ3v) is 4.54. The van der Waals surface area contributed by atoms with Crippen LogP contribution in [0.25, 0.3) is 11.4 Å². The van der Waals surface area contributed by atoms with E-state index in [1.54, 1.807) is 18.0 Å². The number of likely N-dealkylation sites (N-methyl/N-ethyl adjacent to an activating group) is 1. The number of carbonyl (C=O) groups is 1. The normalized spacial score (nSPS) is 14.0. The van der Waals surface area contributed by atoms with Crippen LogP contribution in [0.2, 0.25) is 0 Å². The molecule has 0 unspecified atom stereocenters. The Balaban J connectivity index is 1.70. The number of aromatic nitrogens is 4. The number of aryl methyl sites for hydroxylation is 1. The average Bonchev–Trinajstić information content (AvgIpc) is 3.10. The van der Waals surface area contributed by atoms with Crippen molar-refractivity contribution in [2.75, 3.05) is 41.8 Å². The van der Waals surface area contributed by atoms with E-state index in [4.69, 9.17) is 4.52 Å². The van der Waals surface area contributed by atoms with Crippen molar-refractivity contribution >= 4 is 23.4 Å². The Labute approximate surface area is 162 Å². The van der Waals surface area contributed by atoms with Crippen LogP contribution in [0, 0.1) is 6.92 Å². The molecule has 1 aliphatic heterocycles. The molecule has 1 amide bonds. The molecule has 0 bridgehead atoms. The fourth-order valence-corrected chi connectivity index (χ4v) is 3.14. The molecule has 1 N–H and O–H groups in total. The third kappa shape index (κ3) is 3.26. The van der Waals surface area contributed by atoms with Crippen LogP contribution < -0.4 is 15.1 Å². The third-order valence-electron chi connectivity index (χ3n) is 4.54. The van der Waals surface area contributed by atoms with Crippen LogP contribution in [-0.2, 0) is 0 Å². The van der Waals surface area contributed by atoms with E-state index in [1.807, 2.05) is 43.1 Å². The highest BCUT2D eigenvalue weighted by molar-refractivity contribution is 6.09. The van der Waals surface area contributed by atoms with E-state index >= 15 is 0 Å². The summed E-state index contributed by atoms with van der Waals surface area (Å²) >= 11 is 0. The summed E-state index contributed by atoms with van der Waals surface area (Å²) in [6, 6.07) is 7.56. The predicted octanol–water partition coefficient (Wildman–Crippen LogP) is 2.36. The molecule has 0 radical (unpaired) electrons. The van der Waals surface area contributed by atoms with E-state index in [0.29, 0.717) is 48.7 Å². The predicted molar refractivity (Wildman–Crippen MR) is 106 cm³/mol. The molecule has 9 nitrogen and oxygen atoms in total. The zero-order chi connectivity index (χ0) is 19.7. The number of anilines is 3. The highest BCUT2D eigenvalue weighted by Gasteiger charge is 2.28. The summed E-state index contributed by atoms with van der Waals surface area (Å²) in [6.45, 7) is 5.60. The number of hydrogen-bond acceptors (Lipinski definition) is 8. The van der Waals surface area contributed by atoms with Gasteiger partial charge in [0.2, 0.25) is 17.7 Å². The number of amides is 1. The standard InChI is InChI=1S/C19H21N7O2/c1-4-20-19-21-11-15-17(23-19)25(3)8-9-26(18(15)27)14-7-5-6-13(10-14)16-22-12(2)28-24-16/h5-7,10-11H,4,8-9H2,1-3H3,(H,20,21,23). The van der Waals surface area contributed by atoms with Gasteiger partial charge in [0.25, 0.3) is 5.91 Å². The van der Waals surface area contributed by atoms with E-state index in [-0.39, 0.29) is 5.91 Å². The van der Waals surface area contributed by atoms with Crippen LogP contribution in [0.5, 0.6) is 0 Å². The Morgan fingerprint density at radius 3 is 2.86 bits per heavy atom. The van der Waals surface area contributed by atoms with Gasteiger partial charge in [-0.25, -0.2) is 4.98 Å². The Hall–Kier alpha value is -3.49. The molecule has 3 heterocycles. The van der Waals surface area contributed by atoms with Crippen molar-refractivity contribution in [1.82, 2.24) is 20.1 Å². The number of fused-ring (bicyclic) bond motifs is 1. The van der Waals surface area contributed by atoms with Gasteiger partial charge in [0, 0.05) is 51.1 Å². The maximum absolute atomic E-state index is 13.3. The summed E-state index contributed by atoms with van der Waals surface area (Å²) in [4.78, 5) is 30.0. The molecule has 0 saturated carbocycles. The van der Waals surface area contributed by atoms with Gasteiger partial charge in [0.1, 0.15) is 11.4 Å². The zero-order valence-corrected chi connectivity index (χ0v) is 16.0. The molecular weight excluding hydrogens is 358 g/mol. The second kappa shape index (κ2) is 7.26. The first kappa shape index (κ1) is 17.9. The van der Waals surface area contributed by atoms with Crippen LogP contribution in [0.3, 0.4) is 0 Å². The van der Waals surface area contributed by atoms with E-state index in [1.165, 1.54) is 0 Å². The number of hydrogen-bond donors (Lipinski definition) is 1. The Bertz CT molecular complexity index is 1020. The SMILES string of the molecule is CCNc1ncc2c(n1)N(C)CCN(c1cccc(-c3noc(C)n3)c1)C2=O. The molecule has 9 heteroatoms. The first-order valence-electron chi connectivity index (χ1n) is 9.11. The van der Waals surface area contributed by atoms with Crippen molar-refractivity contribution in [1.29, 1.82) is 0 Å². The van der Waals surface area contributed by atoms with Crippen molar-refractivity contribution in [2.24, 2.45) is 0 Å². The average molecular weight is 379 g/mol. The molecule has 28 heavy (non-hydrogen) atoms. The summed E-state index contributed by atoms with van der Waals surface area (Å²) in [5.74, 6) is 2.00. The maximum atomic E-state index is 13.3. The zero-order valence-electron chi connectivity index (χ0n) is 16.0. The van der Waals surface area contributed by atoms with E-state index in [0.717, 1.165) is 11.3 Å². The summed E-state index contributed by atoms with van der Waals surface area (Å²) in [6.07, 6.45) is 1.59. The molecule has 2 aromatic heterocycles. The smallest absolute Gasteiger partial charge is 0.263 e. The summed E-state index contributed by atoms with van der Waals surface area (Å²) in [7, 11) is 1.93. The monoisotopic (exact) mass is 379 g/mol. The number of nitrogens with zero attached hydrogens (tertiary/aromatic N) is 6.